The lowest BCUT2D eigenvalue weighted by Crippen LogP contribution is -2.50. The minimum Gasteiger partial charge on any atom is -0.480 e. The van der Waals surface area contributed by atoms with Gasteiger partial charge in [-0.2, -0.15) is 0 Å². The van der Waals surface area contributed by atoms with Gasteiger partial charge < -0.3 is 5.11 Å². The van der Waals surface area contributed by atoms with Gasteiger partial charge in [-0.15, -0.1) is 0 Å². The molecule has 1 rings (SSSR count). The zero-order chi connectivity index (χ0) is 13.9. The molecule has 1 N–H and O–H groups in total. The third-order valence-electron chi connectivity index (χ3n) is 3.40. The highest BCUT2D eigenvalue weighted by Gasteiger charge is 2.36. The highest BCUT2D eigenvalue weighted by atomic mass is 35.5. The number of hydrogen-bond donors (Lipinski definition) is 1. The van der Waals surface area contributed by atoms with Crippen LogP contribution >= 0.6 is 11.6 Å². The van der Waals surface area contributed by atoms with Crippen LogP contribution in [0.4, 0.5) is 0 Å². The lowest BCUT2D eigenvalue weighted by Gasteiger charge is -2.39. The summed E-state index contributed by atoms with van der Waals surface area (Å²) in [7, 11) is 0. The minimum absolute atomic E-state index is 0.0263. The Morgan fingerprint density at radius 1 is 1.39 bits per heavy atom. The first-order valence-corrected chi connectivity index (χ1v) is 6.44. The van der Waals surface area contributed by atoms with Crippen LogP contribution < -0.4 is 0 Å². The van der Waals surface area contributed by atoms with Crippen LogP contribution in [0.5, 0.6) is 0 Å². The maximum absolute atomic E-state index is 11.3. The van der Waals surface area contributed by atoms with Crippen molar-refractivity contribution in [1.29, 1.82) is 0 Å². The molecule has 0 aromatic heterocycles. The predicted octanol–water partition coefficient (Wildman–Crippen LogP) is 3.59. The smallest absolute Gasteiger partial charge is 0.323 e. The molecule has 4 heteroatoms. The van der Waals surface area contributed by atoms with Crippen LogP contribution in [0.15, 0.2) is 24.3 Å². The van der Waals surface area contributed by atoms with Gasteiger partial charge in [-0.3, -0.25) is 9.69 Å². The fourth-order valence-corrected chi connectivity index (χ4v) is 2.32. The first kappa shape index (κ1) is 15.0. The molecule has 0 aliphatic heterocycles. The second kappa shape index (κ2) is 5.72. The molecule has 1 aromatic rings. The number of hydrogen-bond acceptors (Lipinski definition) is 2. The average molecular weight is 270 g/mol. The third kappa shape index (κ3) is 3.03. The Balaban J connectivity index is 3.02. The van der Waals surface area contributed by atoms with E-state index in [-0.39, 0.29) is 6.04 Å². The second-order valence-corrected chi connectivity index (χ2v) is 5.31. The van der Waals surface area contributed by atoms with E-state index in [1.807, 2.05) is 43.0 Å². The molecule has 18 heavy (non-hydrogen) atoms. The SMILES string of the molecule is CCN(C(C)c1ccc(Cl)cc1)C(C)(C)C(=O)O. The molecule has 0 radical (unpaired) electrons. The molecule has 0 aliphatic carbocycles. The monoisotopic (exact) mass is 269 g/mol. The van der Waals surface area contributed by atoms with Crippen molar-refractivity contribution in [3.05, 3.63) is 34.9 Å². The molecular weight excluding hydrogens is 250 g/mol. The standard InChI is InChI=1S/C14H20ClNO2/c1-5-16(14(3,4)13(17)18)10(2)11-6-8-12(15)9-7-11/h6-10H,5H2,1-4H3,(H,17,18). The molecule has 0 fully saturated rings. The van der Waals surface area contributed by atoms with E-state index in [9.17, 15) is 9.90 Å². The molecule has 0 aliphatic rings. The number of aliphatic carboxylic acids is 1. The number of benzene rings is 1. The average Bonchev–Trinajstić information content (AvgIpc) is 2.30. The van der Waals surface area contributed by atoms with Crippen LogP contribution in [0.2, 0.25) is 5.02 Å². The maximum atomic E-state index is 11.3. The molecule has 0 amide bonds. The number of halogens is 1. The van der Waals surface area contributed by atoms with Gasteiger partial charge in [0, 0.05) is 11.1 Å². The quantitative estimate of drug-likeness (QED) is 0.888. The Kier molecular flexibility index (Phi) is 4.77. The number of nitrogens with zero attached hydrogens (tertiary/aromatic N) is 1. The van der Waals surface area contributed by atoms with Crippen LogP contribution in [0.1, 0.15) is 39.3 Å². The number of carboxylic acids is 1. The fourth-order valence-electron chi connectivity index (χ4n) is 2.20. The van der Waals surface area contributed by atoms with E-state index in [0.29, 0.717) is 11.6 Å². The Labute approximate surface area is 113 Å². The lowest BCUT2D eigenvalue weighted by atomic mass is 9.97. The van der Waals surface area contributed by atoms with Gasteiger partial charge in [0.1, 0.15) is 5.54 Å². The van der Waals surface area contributed by atoms with E-state index < -0.39 is 11.5 Å². The Hall–Kier alpha value is -1.06. The van der Waals surface area contributed by atoms with Crippen LogP contribution in [-0.2, 0) is 4.79 Å². The van der Waals surface area contributed by atoms with Gasteiger partial charge >= 0.3 is 5.97 Å². The number of carbonyl (C=O) groups is 1. The molecule has 1 atom stereocenters. The van der Waals surface area contributed by atoms with Crippen molar-refractivity contribution in [2.24, 2.45) is 0 Å². The number of carboxylic acid groups (broad SMARTS) is 1. The molecule has 0 saturated carbocycles. The molecule has 0 heterocycles. The summed E-state index contributed by atoms with van der Waals surface area (Å²) in [5.74, 6) is -0.815. The van der Waals surface area contributed by atoms with Crippen LogP contribution in [0.25, 0.3) is 0 Å². The lowest BCUT2D eigenvalue weighted by molar-refractivity contribution is -0.150. The van der Waals surface area contributed by atoms with Crippen molar-refractivity contribution in [2.75, 3.05) is 6.54 Å². The van der Waals surface area contributed by atoms with Gasteiger partial charge in [0.2, 0.25) is 0 Å². The van der Waals surface area contributed by atoms with Crippen LogP contribution in [-0.4, -0.2) is 28.1 Å². The van der Waals surface area contributed by atoms with E-state index in [1.165, 1.54) is 0 Å². The van der Waals surface area contributed by atoms with Crippen LogP contribution in [0.3, 0.4) is 0 Å². The van der Waals surface area contributed by atoms with E-state index in [1.54, 1.807) is 13.8 Å². The van der Waals surface area contributed by atoms with Crippen molar-refractivity contribution in [1.82, 2.24) is 4.90 Å². The molecule has 100 valence electrons. The summed E-state index contributed by atoms with van der Waals surface area (Å²) >= 11 is 5.86. The highest BCUT2D eigenvalue weighted by Crippen LogP contribution is 2.28. The summed E-state index contributed by atoms with van der Waals surface area (Å²) in [6.45, 7) is 8.11. The van der Waals surface area contributed by atoms with Gasteiger partial charge in [-0.1, -0.05) is 30.7 Å². The van der Waals surface area contributed by atoms with E-state index >= 15 is 0 Å². The first-order valence-electron chi connectivity index (χ1n) is 6.06. The van der Waals surface area contributed by atoms with Crippen LogP contribution in [0, 0.1) is 0 Å². The predicted molar refractivity (Wildman–Crippen MR) is 74.0 cm³/mol. The minimum atomic E-state index is -0.895. The van der Waals surface area contributed by atoms with E-state index in [4.69, 9.17) is 11.6 Å². The summed E-state index contributed by atoms with van der Waals surface area (Å²) in [5.41, 5.74) is 0.170. The molecule has 0 bridgehead atoms. The summed E-state index contributed by atoms with van der Waals surface area (Å²) < 4.78 is 0. The van der Waals surface area contributed by atoms with Crippen molar-refractivity contribution in [2.45, 2.75) is 39.3 Å². The van der Waals surface area contributed by atoms with Crippen molar-refractivity contribution in [3.63, 3.8) is 0 Å². The normalized spacial score (nSPS) is 13.7. The Bertz CT molecular complexity index is 414. The second-order valence-electron chi connectivity index (χ2n) is 4.88. The number of rotatable bonds is 5. The summed E-state index contributed by atoms with van der Waals surface area (Å²) in [5, 5.41) is 10.0. The third-order valence-corrected chi connectivity index (χ3v) is 3.65. The van der Waals surface area contributed by atoms with Gasteiger partial charge in [0.15, 0.2) is 0 Å². The molecule has 0 saturated heterocycles. The highest BCUT2D eigenvalue weighted by molar-refractivity contribution is 6.30. The topological polar surface area (TPSA) is 40.5 Å². The summed E-state index contributed by atoms with van der Waals surface area (Å²) in [6.07, 6.45) is 0. The fraction of sp³-hybridized carbons (Fsp3) is 0.500. The van der Waals surface area contributed by atoms with Gasteiger partial charge in [0.05, 0.1) is 0 Å². The summed E-state index contributed by atoms with van der Waals surface area (Å²) in [4.78, 5) is 13.3. The van der Waals surface area contributed by atoms with Gasteiger partial charge in [0.25, 0.3) is 0 Å². The van der Waals surface area contributed by atoms with Gasteiger partial charge in [-0.05, 0) is 45.0 Å². The zero-order valence-corrected chi connectivity index (χ0v) is 12.0. The van der Waals surface area contributed by atoms with Crippen molar-refractivity contribution in [3.8, 4) is 0 Å². The molecule has 1 unspecified atom stereocenters. The Morgan fingerprint density at radius 3 is 2.28 bits per heavy atom. The van der Waals surface area contributed by atoms with E-state index in [0.717, 1.165) is 5.56 Å². The summed E-state index contributed by atoms with van der Waals surface area (Å²) in [6, 6.07) is 7.56. The molecule has 0 spiro atoms. The largest absolute Gasteiger partial charge is 0.480 e. The molecule has 1 aromatic carbocycles. The zero-order valence-electron chi connectivity index (χ0n) is 11.3. The molecular formula is C14H20ClNO2. The molecule has 3 nitrogen and oxygen atoms in total. The van der Waals surface area contributed by atoms with Crippen molar-refractivity contribution < 1.29 is 9.90 Å². The van der Waals surface area contributed by atoms with E-state index in [2.05, 4.69) is 0 Å². The number of likely N-dealkylation sites (N-methyl/N-ethyl adjacent to an activating group) is 1. The first-order chi connectivity index (χ1) is 8.30. The van der Waals surface area contributed by atoms with Crippen molar-refractivity contribution >= 4 is 17.6 Å². The van der Waals surface area contributed by atoms with Gasteiger partial charge in [-0.25, -0.2) is 0 Å². The maximum Gasteiger partial charge on any atom is 0.323 e. The Morgan fingerprint density at radius 2 is 1.89 bits per heavy atom.